The summed E-state index contributed by atoms with van der Waals surface area (Å²) in [6.45, 7) is 9.20. The fraction of sp³-hybridized carbons (Fsp3) is 0.421. The highest BCUT2D eigenvalue weighted by Gasteiger charge is 2.71. The predicted octanol–water partition coefficient (Wildman–Crippen LogP) is 8.75. The van der Waals surface area contributed by atoms with E-state index in [-0.39, 0.29) is 42.9 Å². The standard InChI is InChI=1S/C38H42F6N2O5/c1-5-10-27-22-30(36(49,37(39,40)41)38(42,43)44)23-28(11-6-2)32(27)50-21-9-8-20-46-33(47)35(4,45-34(46)48)29-16-18-31(19-17-29)51-24-26-14-12-25(7-3)13-15-26/h7,12-19,22-23,49H,3,5-6,8-11,20-21,24H2,1-2,4H3,(H,45,48). The molecule has 3 aromatic rings. The molecule has 1 aliphatic rings. The SMILES string of the molecule is C=Cc1ccc(COc2ccc(C3(C)NC(=O)N(CCCCOc4c(CCC)cc(C(O)(C(F)(F)F)C(F)(F)F)cc4CCC)C3=O)cc2)cc1. The Balaban J connectivity index is 1.39. The van der Waals surface area contributed by atoms with E-state index in [4.69, 9.17) is 9.47 Å². The van der Waals surface area contributed by atoms with Gasteiger partial charge in [0.1, 0.15) is 23.6 Å². The molecule has 1 fully saturated rings. The van der Waals surface area contributed by atoms with E-state index in [0.717, 1.165) is 16.0 Å². The maximum Gasteiger partial charge on any atom is 0.430 e. The second-order valence-electron chi connectivity index (χ2n) is 12.7. The van der Waals surface area contributed by atoms with Gasteiger partial charge in [0.25, 0.3) is 11.5 Å². The number of imide groups is 1. The molecule has 3 amide bonds. The number of hydrogen-bond donors (Lipinski definition) is 2. The van der Waals surface area contributed by atoms with Gasteiger partial charge >= 0.3 is 18.4 Å². The van der Waals surface area contributed by atoms with Gasteiger partial charge in [0.05, 0.1) is 6.61 Å². The van der Waals surface area contributed by atoms with Crippen LogP contribution >= 0.6 is 0 Å². The number of unbranched alkanes of at least 4 members (excludes halogenated alkanes) is 1. The number of ether oxygens (including phenoxy) is 2. The molecule has 0 saturated carbocycles. The number of aliphatic hydroxyl groups is 1. The van der Waals surface area contributed by atoms with Gasteiger partial charge in [-0.1, -0.05) is 75.7 Å². The van der Waals surface area contributed by atoms with Gasteiger partial charge in [0.15, 0.2) is 0 Å². The first kappa shape index (κ1) is 39.3. The van der Waals surface area contributed by atoms with Crippen LogP contribution < -0.4 is 14.8 Å². The number of carbonyl (C=O) groups is 2. The molecule has 1 atom stereocenters. The number of benzene rings is 3. The molecule has 276 valence electrons. The van der Waals surface area contributed by atoms with Gasteiger partial charge in [-0.25, -0.2) is 4.79 Å². The average Bonchev–Trinajstić information content (AvgIpc) is 3.30. The van der Waals surface area contributed by atoms with E-state index in [1.165, 1.54) is 0 Å². The van der Waals surface area contributed by atoms with Crippen LogP contribution in [0.25, 0.3) is 6.08 Å². The Morgan fingerprint density at radius 1 is 0.863 bits per heavy atom. The largest absolute Gasteiger partial charge is 0.493 e. The van der Waals surface area contributed by atoms with Crippen molar-refractivity contribution >= 4 is 18.0 Å². The number of amides is 3. The lowest BCUT2D eigenvalue weighted by Gasteiger charge is -2.33. The van der Waals surface area contributed by atoms with Crippen molar-refractivity contribution in [3.63, 3.8) is 0 Å². The van der Waals surface area contributed by atoms with Crippen molar-refractivity contribution in [2.75, 3.05) is 13.2 Å². The van der Waals surface area contributed by atoms with Gasteiger partial charge in [0, 0.05) is 12.1 Å². The van der Waals surface area contributed by atoms with Crippen molar-refractivity contribution < 1.29 is 50.5 Å². The minimum absolute atomic E-state index is 0.0242. The molecule has 3 aromatic carbocycles. The van der Waals surface area contributed by atoms with E-state index >= 15 is 0 Å². The third kappa shape index (κ3) is 8.35. The van der Waals surface area contributed by atoms with Gasteiger partial charge in [-0.05, 0) is 84.7 Å². The van der Waals surface area contributed by atoms with Crippen LogP contribution in [0.3, 0.4) is 0 Å². The van der Waals surface area contributed by atoms with Crippen molar-refractivity contribution in [3.8, 4) is 11.5 Å². The Morgan fingerprint density at radius 2 is 1.43 bits per heavy atom. The molecule has 1 unspecified atom stereocenters. The summed E-state index contributed by atoms with van der Waals surface area (Å²) in [5, 5.41) is 12.8. The molecular formula is C38H42F6N2O5. The van der Waals surface area contributed by atoms with Crippen LogP contribution in [0.15, 0.2) is 67.2 Å². The highest BCUT2D eigenvalue weighted by atomic mass is 19.4. The van der Waals surface area contributed by atoms with Gasteiger partial charge in [-0.15, -0.1) is 0 Å². The highest BCUT2D eigenvalue weighted by molar-refractivity contribution is 6.07. The molecule has 1 heterocycles. The lowest BCUT2D eigenvalue weighted by molar-refractivity contribution is -0.376. The molecule has 51 heavy (non-hydrogen) atoms. The number of carbonyl (C=O) groups excluding carboxylic acids is 2. The molecule has 13 heteroatoms. The van der Waals surface area contributed by atoms with Crippen LogP contribution in [-0.4, -0.2) is 47.4 Å². The Bertz CT molecular complexity index is 1650. The Hall–Kier alpha value is -4.52. The molecule has 0 spiro atoms. The molecule has 0 aromatic heterocycles. The Kier molecular flexibility index (Phi) is 12.2. The smallest absolute Gasteiger partial charge is 0.430 e. The zero-order chi connectivity index (χ0) is 37.6. The van der Waals surface area contributed by atoms with Gasteiger partial charge < -0.3 is 19.9 Å². The molecule has 0 radical (unpaired) electrons. The number of aryl methyl sites for hydroxylation is 2. The third-order valence-corrected chi connectivity index (χ3v) is 8.87. The van der Waals surface area contributed by atoms with Gasteiger partial charge in [-0.2, -0.15) is 26.3 Å². The molecule has 0 bridgehead atoms. The number of nitrogens with one attached hydrogen (secondary N) is 1. The lowest BCUT2D eigenvalue weighted by atomic mass is 9.87. The summed E-state index contributed by atoms with van der Waals surface area (Å²) in [5.41, 5.74) is -4.90. The molecule has 1 saturated heterocycles. The third-order valence-electron chi connectivity index (χ3n) is 8.87. The van der Waals surface area contributed by atoms with E-state index in [1.54, 1.807) is 51.1 Å². The summed E-state index contributed by atoms with van der Waals surface area (Å²) in [4.78, 5) is 27.4. The summed E-state index contributed by atoms with van der Waals surface area (Å²) >= 11 is 0. The Labute approximate surface area is 293 Å². The fourth-order valence-corrected chi connectivity index (χ4v) is 5.99. The zero-order valence-electron chi connectivity index (χ0n) is 28.7. The van der Waals surface area contributed by atoms with E-state index in [1.807, 2.05) is 24.3 Å². The normalized spacial score (nSPS) is 16.7. The molecular weight excluding hydrogens is 678 g/mol. The minimum Gasteiger partial charge on any atom is -0.493 e. The second kappa shape index (κ2) is 15.8. The van der Waals surface area contributed by atoms with Crippen molar-refractivity contribution in [2.45, 2.75) is 89.4 Å². The van der Waals surface area contributed by atoms with Gasteiger partial charge in [-0.3, -0.25) is 9.69 Å². The number of alkyl halides is 6. The first-order valence-corrected chi connectivity index (χ1v) is 16.7. The number of nitrogens with zero attached hydrogens (tertiary/aromatic N) is 1. The predicted molar refractivity (Wildman–Crippen MR) is 180 cm³/mol. The zero-order valence-corrected chi connectivity index (χ0v) is 28.7. The van der Waals surface area contributed by atoms with Crippen molar-refractivity contribution in [3.05, 3.63) is 101 Å². The van der Waals surface area contributed by atoms with Crippen LogP contribution in [0.2, 0.25) is 0 Å². The summed E-state index contributed by atoms with van der Waals surface area (Å²) in [6.07, 6.45) is -8.60. The van der Waals surface area contributed by atoms with Crippen LogP contribution in [0.1, 0.15) is 79.8 Å². The summed E-state index contributed by atoms with van der Waals surface area (Å²) in [6, 6.07) is 15.5. The maximum absolute atomic E-state index is 13.7. The first-order chi connectivity index (χ1) is 24.0. The summed E-state index contributed by atoms with van der Waals surface area (Å²) in [5.74, 6) is 0.311. The highest BCUT2D eigenvalue weighted by Crippen LogP contribution is 2.51. The quantitative estimate of drug-likeness (QED) is 0.0878. The molecule has 7 nitrogen and oxygen atoms in total. The number of halogens is 6. The van der Waals surface area contributed by atoms with Crippen molar-refractivity contribution in [2.24, 2.45) is 0 Å². The second-order valence-corrected chi connectivity index (χ2v) is 12.7. The van der Waals surface area contributed by atoms with E-state index in [2.05, 4.69) is 11.9 Å². The van der Waals surface area contributed by atoms with Crippen LogP contribution in [-0.2, 0) is 35.4 Å². The van der Waals surface area contributed by atoms with E-state index < -0.39 is 41.0 Å². The Morgan fingerprint density at radius 3 is 1.94 bits per heavy atom. The number of urea groups is 1. The maximum atomic E-state index is 13.7. The molecule has 1 aliphatic heterocycles. The van der Waals surface area contributed by atoms with E-state index in [9.17, 15) is 41.0 Å². The van der Waals surface area contributed by atoms with Crippen LogP contribution in [0, 0.1) is 0 Å². The summed E-state index contributed by atoms with van der Waals surface area (Å²) in [7, 11) is 0. The first-order valence-electron chi connectivity index (χ1n) is 16.7. The fourth-order valence-electron chi connectivity index (χ4n) is 5.99. The monoisotopic (exact) mass is 720 g/mol. The van der Waals surface area contributed by atoms with E-state index in [0.29, 0.717) is 55.7 Å². The molecule has 0 aliphatic carbocycles. The van der Waals surface area contributed by atoms with Crippen molar-refractivity contribution in [1.82, 2.24) is 10.2 Å². The van der Waals surface area contributed by atoms with Gasteiger partial charge in [0.2, 0.25) is 0 Å². The van der Waals surface area contributed by atoms with Crippen LogP contribution in [0.4, 0.5) is 31.1 Å². The topological polar surface area (TPSA) is 88.1 Å². The van der Waals surface area contributed by atoms with Crippen LogP contribution in [0.5, 0.6) is 11.5 Å². The molecule has 2 N–H and O–H groups in total. The van der Waals surface area contributed by atoms with Crippen molar-refractivity contribution in [1.29, 1.82) is 0 Å². The summed E-state index contributed by atoms with van der Waals surface area (Å²) < 4.78 is 93.9. The number of hydrogen-bond acceptors (Lipinski definition) is 5. The number of rotatable bonds is 16. The lowest BCUT2D eigenvalue weighted by Crippen LogP contribution is -2.54. The molecule has 4 rings (SSSR count). The minimum atomic E-state index is -6.01. The average molecular weight is 721 g/mol.